The summed E-state index contributed by atoms with van der Waals surface area (Å²) in [7, 11) is 8.86. The Morgan fingerprint density at radius 1 is 0.650 bits per heavy atom. The summed E-state index contributed by atoms with van der Waals surface area (Å²) >= 11 is 0.382. The van der Waals surface area contributed by atoms with Gasteiger partial charge >= 0.3 is 33.2 Å². The quantitative estimate of drug-likeness (QED) is 0.182. The summed E-state index contributed by atoms with van der Waals surface area (Å²) in [5.74, 6) is 0. The first-order valence-corrected chi connectivity index (χ1v) is 17.7. The van der Waals surface area contributed by atoms with Crippen molar-refractivity contribution in [2.24, 2.45) is 0 Å². The van der Waals surface area contributed by atoms with Gasteiger partial charge in [0.2, 0.25) is 0 Å². The van der Waals surface area contributed by atoms with Gasteiger partial charge in [-0.1, -0.05) is 129 Å². The minimum atomic E-state index is -0.603. The molecule has 0 saturated heterocycles. The Bertz CT molecular complexity index is 1220. The fraction of sp³-hybridized carbons (Fsp3) is 0.294. The van der Waals surface area contributed by atoms with Crippen LogP contribution in [-0.2, 0) is 26.0 Å². The van der Waals surface area contributed by atoms with Crippen LogP contribution in [0.25, 0.3) is 0 Å². The third-order valence-corrected chi connectivity index (χ3v) is 9.95. The molecule has 2 atom stereocenters. The Hall–Kier alpha value is -1.68. The molecule has 0 heterocycles. The third-order valence-electron chi connectivity index (χ3n) is 7.40. The Balaban J connectivity index is 0.00000106. The molecule has 0 aromatic heterocycles. The van der Waals surface area contributed by atoms with E-state index in [9.17, 15) is 0 Å². The fourth-order valence-electron chi connectivity index (χ4n) is 5.37. The van der Waals surface area contributed by atoms with E-state index in [4.69, 9.17) is 20.3 Å². The molecule has 0 spiro atoms. The Kier molecular flexibility index (Phi) is 14.8. The molecule has 2 nitrogen and oxygen atoms in total. The van der Waals surface area contributed by atoms with Gasteiger partial charge in [-0.05, 0) is 60.3 Å². The second-order valence-corrected chi connectivity index (χ2v) is 13.8. The van der Waals surface area contributed by atoms with E-state index in [1.54, 1.807) is 0 Å². The molecule has 0 bridgehead atoms. The molecule has 5 rings (SSSR count). The summed E-state index contributed by atoms with van der Waals surface area (Å²) in [5, 5.41) is 12.1. The van der Waals surface area contributed by atoms with Gasteiger partial charge in [-0.2, -0.15) is 0 Å². The predicted octanol–water partition coefficient (Wildman–Crippen LogP) is 7.96. The van der Waals surface area contributed by atoms with E-state index in [1.165, 1.54) is 58.3 Å². The Labute approximate surface area is 257 Å². The van der Waals surface area contributed by atoms with Gasteiger partial charge in [0.05, 0.1) is 0 Å². The molecule has 1 fully saturated rings. The zero-order chi connectivity index (χ0) is 27.3. The minimum absolute atomic E-state index is 0. The van der Waals surface area contributed by atoms with Gasteiger partial charge in [0.25, 0.3) is 0 Å². The van der Waals surface area contributed by atoms with E-state index in [0.717, 1.165) is 13.1 Å². The molecule has 1 saturated carbocycles. The number of nitrogens with one attached hydrogen (secondary N) is 2. The maximum atomic E-state index is 4.73. The number of halogens is 2. The topological polar surface area (TPSA) is 24.1 Å². The number of benzene rings is 4. The van der Waals surface area contributed by atoms with Crippen molar-refractivity contribution in [3.8, 4) is 0 Å². The molecule has 215 valence electrons. The van der Waals surface area contributed by atoms with Gasteiger partial charge in [0.15, 0.2) is 0 Å². The zero-order valence-corrected chi connectivity index (χ0v) is 25.8. The van der Waals surface area contributed by atoms with Crippen LogP contribution < -0.4 is 26.5 Å². The van der Waals surface area contributed by atoms with Crippen molar-refractivity contribution in [2.45, 2.75) is 65.2 Å². The molecular weight excluding hydrogens is 597 g/mol. The van der Waals surface area contributed by atoms with Gasteiger partial charge in [-0.3, -0.25) is 0 Å². The van der Waals surface area contributed by atoms with Crippen molar-refractivity contribution in [3.63, 3.8) is 0 Å². The van der Waals surface area contributed by atoms with E-state index in [0.29, 0.717) is 25.0 Å². The first-order chi connectivity index (χ1) is 19.2. The van der Waals surface area contributed by atoms with Crippen LogP contribution in [0.4, 0.5) is 0 Å². The fourth-order valence-corrected chi connectivity index (χ4v) is 7.84. The van der Waals surface area contributed by atoms with Gasteiger partial charge in [0.1, 0.15) is 0 Å². The summed E-state index contributed by atoms with van der Waals surface area (Å²) in [6.45, 7) is 4.06. The van der Waals surface area contributed by atoms with Crippen molar-refractivity contribution < 1.29 is 12.9 Å². The number of aryl methyl sites for hydroxylation is 1. The predicted molar refractivity (Wildman–Crippen MR) is 174 cm³/mol. The molecule has 1 aliphatic carbocycles. The second-order valence-electron chi connectivity index (χ2n) is 9.87. The number of hydrogen-bond acceptors (Lipinski definition) is 2. The Morgan fingerprint density at radius 3 is 1.60 bits per heavy atom. The molecule has 0 radical (unpaired) electrons. The molecule has 0 aliphatic heterocycles. The summed E-state index contributed by atoms with van der Waals surface area (Å²) in [6.07, 6.45) is 5.10. The van der Waals surface area contributed by atoms with Crippen LogP contribution in [0.5, 0.6) is 0 Å². The van der Waals surface area contributed by atoms with E-state index in [2.05, 4.69) is 127 Å². The monoisotopic (exact) mass is 637 g/mol. The third kappa shape index (κ3) is 9.43. The Morgan fingerprint density at radius 2 is 1.07 bits per heavy atom. The molecule has 2 N–H and O–H groups in total. The van der Waals surface area contributed by atoms with Crippen LogP contribution in [0.1, 0.15) is 49.8 Å². The van der Waals surface area contributed by atoms with Crippen LogP contribution in [-0.4, -0.2) is 12.1 Å². The first kappa shape index (κ1) is 32.8. The van der Waals surface area contributed by atoms with Crippen molar-refractivity contribution >= 4 is 44.1 Å². The number of rotatable bonds is 9. The van der Waals surface area contributed by atoms with Gasteiger partial charge in [-0.15, -0.1) is 0 Å². The van der Waals surface area contributed by atoms with E-state index >= 15 is 0 Å². The van der Waals surface area contributed by atoms with Crippen LogP contribution in [0.3, 0.4) is 0 Å². The molecule has 6 heteroatoms. The van der Waals surface area contributed by atoms with E-state index in [1.807, 2.05) is 0 Å². The van der Waals surface area contributed by atoms with Crippen LogP contribution in [0, 0.1) is 6.92 Å². The standard InChI is InChI=1S/C33H37N2P.CH4.2ClH.Co/c1-26-14-8-9-15-27(26)24-34-31-21-11-12-22-32(31)35-25-28-16-10-13-23-33(28)36(29-17-4-2-5-18-29)30-19-6-3-7-20-30;;;;/h2-10,13-20,23,31-32,34-35H,11-12,21-22,24-25H2,1H3;1H4;2*1H;/q;;;;+2/p-2. The van der Waals surface area contributed by atoms with Crippen molar-refractivity contribution in [1.29, 1.82) is 0 Å². The molecule has 1 aliphatic rings. The van der Waals surface area contributed by atoms with Crippen molar-refractivity contribution in [3.05, 3.63) is 126 Å². The van der Waals surface area contributed by atoms with Crippen LogP contribution in [0.15, 0.2) is 109 Å². The van der Waals surface area contributed by atoms with Gasteiger partial charge < -0.3 is 10.6 Å². The summed E-state index contributed by atoms with van der Waals surface area (Å²) in [4.78, 5) is 0. The summed E-state index contributed by atoms with van der Waals surface area (Å²) < 4.78 is 0. The molecular formula is C34H41Cl2CoN2P. The van der Waals surface area contributed by atoms with E-state index in [-0.39, 0.29) is 7.43 Å². The maximum absolute atomic E-state index is 4.73. The van der Waals surface area contributed by atoms with Crippen molar-refractivity contribution in [1.82, 2.24) is 10.6 Å². The van der Waals surface area contributed by atoms with Crippen LogP contribution >= 0.6 is 28.2 Å². The average Bonchev–Trinajstić information content (AvgIpc) is 2.98. The second kappa shape index (κ2) is 18.0. The van der Waals surface area contributed by atoms with E-state index < -0.39 is 7.92 Å². The molecule has 4 aromatic carbocycles. The summed E-state index contributed by atoms with van der Waals surface area (Å²) in [5.41, 5.74) is 4.19. The zero-order valence-electron chi connectivity index (χ0n) is 22.3. The van der Waals surface area contributed by atoms with Gasteiger partial charge in [-0.25, -0.2) is 0 Å². The first-order valence-electron chi connectivity index (χ1n) is 13.5. The van der Waals surface area contributed by atoms with Gasteiger partial charge in [0, 0.05) is 25.2 Å². The molecule has 2 unspecified atom stereocenters. The average molecular weight is 639 g/mol. The van der Waals surface area contributed by atoms with Crippen LogP contribution in [0.2, 0.25) is 0 Å². The molecule has 0 amide bonds. The normalized spacial score (nSPS) is 16.6. The number of hydrogen-bond donors (Lipinski definition) is 2. The van der Waals surface area contributed by atoms with Crippen molar-refractivity contribution in [2.75, 3.05) is 0 Å². The molecule has 4 aromatic rings. The molecule has 40 heavy (non-hydrogen) atoms. The summed E-state index contributed by atoms with van der Waals surface area (Å²) in [6, 6.07) is 40.8. The SMILES string of the molecule is C.Cc1ccccc1CNC1CCCCC1NCc1ccccc1P(c1ccccc1)c1ccccc1.[Cl][Co][Cl].